The fraction of sp³-hybridized carbons (Fsp3) is 0.435. The van der Waals surface area contributed by atoms with Gasteiger partial charge in [0.05, 0.1) is 5.56 Å². The lowest BCUT2D eigenvalue weighted by Gasteiger charge is -2.31. The molecular formula is C23H28N2O4. The summed E-state index contributed by atoms with van der Waals surface area (Å²) < 4.78 is 5.50. The molecule has 0 aliphatic heterocycles. The normalized spacial score (nSPS) is 18.3. The molecule has 6 nitrogen and oxygen atoms in total. The first kappa shape index (κ1) is 20.8. The number of fused-ring (bicyclic) bond motifs is 1. The van der Waals surface area contributed by atoms with Gasteiger partial charge in [-0.1, -0.05) is 30.7 Å². The summed E-state index contributed by atoms with van der Waals surface area (Å²) >= 11 is 0. The van der Waals surface area contributed by atoms with Gasteiger partial charge in [-0.05, 0) is 56.5 Å². The fourth-order valence-electron chi connectivity index (χ4n) is 3.73. The zero-order valence-corrected chi connectivity index (χ0v) is 17.2. The molecular weight excluding hydrogens is 368 g/mol. The number of hydrogen-bond acceptors (Lipinski definition) is 5. The molecule has 3 N–H and O–H groups in total. The van der Waals surface area contributed by atoms with E-state index in [4.69, 9.17) is 10.5 Å². The Hall–Kier alpha value is -2.89. The van der Waals surface area contributed by atoms with Crippen molar-refractivity contribution in [2.75, 3.05) is 5.73 Å². The first-order valence-electron chi connectivity index (χ1n) is 10.0. The molecule has 1 fully saturated rings. The van der Waals surface area contributed by atoms with Gasteiger partial charge in [-0.2, -0.15) is 0 Å². The Bertz CT molecular complexity index is 946. The van der Waals surface area contributed by atoms with Crippen molar-refractivity contribution >= 4 is 34.1 Å². The lowest BCUT2D eigenvalue weighted by Crippen LogP contribution is -2.51. The molecule has 3 rings (SSSR count). The minimum absolute atomic E-state index is 0.0149. The molecule has 0 aromatic heterocycles. The highest BCUT2D eigenvalue weighted by molar-refractivity contribution is 6.05. The summed E-state index contributed by atoms with van der Waals surface area (Å²) in [6, 6.07) is 9.99. The third kappa shape index (κ3) is 4.94. The molecule has 0 bridgehead atoms. The summed E-state index contributed by atoms with van der Waals surface area (Å²) in [6.07, 6.45) is 2.61. The maximum absolute atomic E-state index is 13.0. The maximum atomic E-state index is 13.0. The number of hydrogen-bond donors (Lipinski definition) is 2. The van der Waals surface area contributed by atoms with Gasteiger partial charge in [0.1, 0.15) is 17.4 Å². The first-order valence-corrected chi connectivity index (χ1v) is 10.0. The second-order valence-corrected chi connectivity index (χ2v) is 8.59. The Labute approximate surface area is 170 Å². The van der Waals surface area contributed by atoms with Crippen molar-refractivity contribution in [3.8, 4) is 0 Å². The topological polar surface area (TPSA) is 98.5 Å². The van der Waals surface area contributed by atoms with Gasteiger partial charge < -0.3 is 15.8 Å². The van der Waals surface area contributed by atoms with Crippen LogP contribution in [0.4, 0.5) is 5.69 Å². The van der Waals surface area contributed by atoms with E-state index >= 15 is 0 Å². The highest BCUT2D eigenvalue weighted by atomic mass is 16.6. The van der Waals surface area contributed by atoms with Gasteiger partial charge in [0, 0.05) is 18.0 Å². The van der Waals surface area contributed by atoms with Gasteiger partial charge in [-0.15, -0.1) is 0 Å². The summed E-state index contributed by atoms with van der Waals surface area (Å²) in [4.78, 5) is 38.4. The molecule has 2 aromatic carbocycles. The zero-order valence-electron chi connectivity index (χ0n) is 17.2. The third-order valence-electron chi connectivity index (χ3n) is 5.11. The Morgan fingerprint density at radius 1 is 1.14 bits per heavy atom. The predicted octanol–water partition coefficient (Wildman–Crippen LogP) is 3.62. The van der Waals surface area contributed by atoms with Crippen molar-refractivity contribution in [1.29, 1.82) is 0 Å². The van der Waals surface area contributed by atoms with Gasteiger partial charge in [0.15, 0.2) is 0 Å². The molecule has 2 aromatic rings. The molecule has 29 heavy (non-hydrogen) atoms. The zero-order chi connectivity index (χ0) is 21.2. The number of benzene rings is 2. The monoisotopic (exact) mass is 396 g/mol. The first-order chi connectivity index (χ1) is 13.7. The van der Waals surface area contributed by atoms with Crippen LogP contribution in [0.5, 0.6) is 0 Å². The Morgan fingerprint density at radius 2 is 1.79 bits per heavy atom. The highest BCUT2D eigenvalue weighted by Crippen LogP contribution is 2.27. The van der Waals surface area contributed by atoms with Gasteiger partial charge in [0.25, 0.3) is 5.91 Å². The molecule has 2 atom stereocenters. The van der Waals surface area contributed by atoms with E-state index in [2.05, 4.69) is 5.32 Å². The number of carbonyl (C=O) groups is 3. The standard InChI is InChI=1S/C23H28N2O4/c1-23(2,3)29-22(28)20(16-10-6-7-11-19(16)26)25-21(27)17-12-14-8-4-5-9-15(14)13-18(17)24/h4-5,8-9,12-13,16,20H,6-7,10-11,24H2,1-3H3,(H,25,27)/t16-,20+/m1/s1. The summed E-state index contributed by atoms with van der Waals surface area (Å²) in [5, 5.41) is 4.54. The van der Waals surface area contributed by atoms with E-state index in [1.54, 1.807) is 32.9 Å². The molecule has 1 amide bonds. The van der Waals surface area contributed by atoms with Crippen LogP contribution < -0.4 is 11.1 Å². The van der Waals surface area contributed by atoms with Gasteiger partial charge >= 0.3 is 5.97 Å². The van der Waals surface area contributed by atoms with Crippen molar-refractivity contribution in [2.24, 2.45) is 5.92 Å². The van der Waals surface area contributed by atoms with Gasteiger partial charge in [0.2, 0.25) is 0 Å². The summed E-state index contributed by atoms with van der Waals surface area (Å²) in [5.41, 5.74) is 5.98. The molecule has 1 saturated carbocycles. The second-order valence-electron chi connectivity index (χ2n) is 8.59. The number of nitrogen functional groups attached to an aromatic ring is 1. The number of anilines is 1. The fourth-order valence-corrected chi connectivity index (χ4v) is 3.73. The largest absolute Gasteiger partial charge is 0.458 e. The minimum Gasteiger partial charge on any atom is -0.458 e. The van der Waals surface area contributed by atoms with E-state index in [1.807, 2.05) is 24.3 Å². The van der Waals surface area contributed by atoms with E-state index < -0.39 is 29.4 Å². The number of ketones is 1. The molecule has 0 saturated heterocycles. The van der Waals surface area contributed by atoms with Crippen molar-refractivity contribution in [2.45, 2.75) is 58.1 Å². The number of carbonyl (C=O) groups excluding carboxylic acids is 3. The van der Waals surface area contributed by atoms with E-state index in [1.165, 1.54) is 0 Å². The average Bonchev–Trinajstić information content (AvgIpc) is 2.64. The van der Waals surface area contributed by atoms with Crippen LogP contribution in [0.3, 0.4) is 0 Å². The van der Waals surface area contributed by atoms with E-state index in [-0.39, 0.29) is 11.3 Å². The number of esters is 1. The number of nitrogens with two attached hydrogens (primary N) is 1. The molecule has 0 heterocycles. The molecule has 154 valence electrons. The quantitative estimate of drug-likeness (QED) is 0.607. The van der Waals surface area contributed by atoms with Crippen molar-refractivity contribution < 1.29 is 19.1 Å². The lowest BCUT2D eigenvalue weighted by atomic mass is 9.82. The Balaban J connectivity index is 1.90. The third-order valence-corrected chi connectivity index (χ3v) is 5.11. The average molecular weight is 396 g/mol. The summed E-state index contributed by atoms with van der Waals surface area (Å²) in [5.74, 6) is -1.67. The van der Waals surface area contributed by atoms with E-state index in [0.717, 1.165) is 23.6 Å². The number of ether oxygens (including phenoxy) is 1. The SMILES string of the molecule is CC(C)(C)OC(=O)[C@@H](NC(=O)c1cc2ccccc2cc1N)[C@@H]1CCCCC1=O. The molecule has 6 heteroatoms. The molecule has 0 spiro atoms. The van der Waals surface area contributed by atoms with Crippen LogP contribution in [0.25, 0.3) is 10.8 Å². The number of nitrogens with one attached hydrogen (secondary N) is 1. The smallest absolute Gasteiger partial charge is 0.329 e. The maximum Gasteiger partial charge on any atom is 0.329 e. The van der Waals surface area contributed by atoms with Crippen LogP contribution in [0.2, 0.25) is 0 Å². The molecule has 1 aliphatic carbocycles. The van der Waals surface area contributed by atoms with Gasteiger partial charge in [-0.25, -0.2) is 4.79 Å². The van der Waals surface area contributed by atoms with Crippen LogP contribution in [-0.4, -0.2) is 29.3 Å². The minimum atomic E-state index is -1.03. The predicted molar refractivity (Wildman–Crippen MR) is 112 cm³/mol. The molecule has 0 radical (unpaired) electrons. The van der Waals surface area contributed by atoms with Crippen molar-refractivity contribution in [3.05, 3.63) is 42.0 Å². The lowest BCUT2D eigenvalue weighted by molar-refractivity contribution is -0.160. The van der Waals surface area contributed by atoms with Crippen LogP contribution in [0.1, 0.15) is 56.8 Å². The number of rotatable bonds is 4. The Kier molecular flexibility index (Phi) is 5.91. The van der Waals surface area contributed by atoms with Crippen LogP contribution in [-0.2, 0) is 14.3 Å². The number of amides is 1. The van der Waals surface area contributed by atoms with Crippen LogP contribution >= 0.6 is 0 Å². The molecule has 0 unspecified atom stereocenters. The molecule has 1 aliphatic rings. The summed E-state index contributed by atoms with van der Waals surface area (Å²) in [7, 11) is 0. The van der Waals surface area contributed by atoms with Crippen LogP contribution in [0, 0.1) is 5.92 Å². The highest BCUT2D eigenvalue weighted by Gasteiger charge is 2.38. The van der Waals surface area contributed by atoms with Crippen LogP contribution in [0.15, 0.2) is 36.4 Å². The summed E-state index contributed by atoms with van der Waals surface area (Å²) in [6.45, 7) is 5.27. The van der Waals surface area contributed by atoms with Gasteiger partial charge in [-0.3, -0.25) is 9.59 Å². The van der Waals surface area contributed by atoms with Crippen molar-refractivity contribution in [3.63, 3.8) is 0 Å². The van der Waals surface area contributed by atoms with E-state index in [9.17, 15) is 14.4 Å². The Morgan fingerprint density at radius 3 is 2.41 bits per heavy atom. The van der Waals surface area contributed by atoms with Crippen molar-refractivity contribution in [1.82, 2.24) is 5.32 Å². The number of Topliss-reactive ketones (excluding diaryl/α,β-unsaturated/α-hetero) is 1. The van der Waals surface area contributed by atoms with E-state index in [0.29, 0.717) is 18.5 Å². The second kappa shape index (κ2) is 8.23.